The van der Waals surface area contributed by atoms with E-state index in [2.05, 4.69) is 27.7 Å². The first-order valence-electron chi connectivity index (χ1n) is 12.2. The van der Waals surface area contributed by atoms with E-state index >= 15 is 0 Å². The summed E-state index contributed by atoms with van der Waals surface area (Å²) in [5, 5.41) is 0. The van der Waals surface area contributed by atoms with Gasteiger partial charge in [-0.05, 0) is 11.8 Å². The van der Waals surface area contributed by atoms with Gasteiger partial charge in [0.25, 0.3) is 0 Å². The van der Waals surface area contributed by atoms with Gasteiger partial charge in [-0.2, -0.15) is 0 Å². The molecule has 0 aliphatic heterocycles. The van der Waals surface area contributed by atoms with Crippen molar-refractivity contribution >= 4 is 0 Å². The first kappa shape index (κ1) is 25.0. The van der Waals surface area contributed by atoms with Gasteiger partial charge in [0.15, 0.2) is 0 Å². The van der Waals surface area contributed by atoms with Crippen LogP contribution in [0, 0.1) is 11.8 Å². The Morgan fingerprint density at radius 1 is 0.360 bits per heavy atom. The second kappa shape index (κ2) is 20.3. The van der Waals surface area contributed by atoms with Gasteiger partial charge in [0.1, 0.15) is 0 Å². The van der Waals surface area contributed by atoms with Crippen LogP contribution < -0.4 is 0 Å². The largest absolute Gasteiger partial charge is 0.0654 e. The molecule has 0 nitrogen and oxygen atoms in total. The Hall–Kier alpha value is 0. The molecule has 25 heavy (non-hydrogen) atoms. The Morgan fingerprint density at radius 3 is 1.00 bits per heavy atom. The van der Waals surface area contributed by atoms with E-state index < -0.39 is 0 Å². The van der Waals surface area contributed by atoms with Gasteiger partial charge in [-0.15, -0.1) is 0 Å². The van der Waals surface area contributed by atoms with Gasteiger partial charge in [0, 0.05) is 0 Å². The predicted octanol–water partition coefficient (Wildman–Crippen LogP) is 9.71. The molecule has 0 rings (SSSR count). The summed E-state index contributed by atoms with van der Waals surface area (Å²) >= 11 is 0. The van der Waals surface area contributed by atoms with Gasteiger partial charge in [-0.3, -0.25) is 0 Å². The van der Waals surface area contributed by atoms with E-state index in [4.69, 9.17) is 0 Å². The van der Waals surface area contributed by atoms with Gasteiger partial charge in [-0.25, -0.2) is 0 Å². The molecule has 0 aromatic rings. The van der Waals surface area contributed by atoms with Crippen molar-refractivity contribution in [1.82, 2.24) is 0 Å². The van der Waals surface area contributed by atoms with Crippen LogP contribution in [0.5, 0.6) is 0 Å². The molecule has 0 radical (unpaired) electrons. The zero-order chi connectivity index (χ0) is 18.6. The first-order valence-corrected chi connectivity index (χ1v) is 12.2. The predicted molar refractivity (Wildman–Crippen MR) is 117 cm³/mol. The highest BCUT2D eigenvalue weighted by atomic mass is 14.1. The van der Waals surface area contributed by atoms with Gasteiger partial charge in [0.05, 0.1) is 0 Å². The average molecular weight is 353 g/mol. The number of unbranched alkanes of at least 4 members (excludes halogenated alkanes) is 12. The van der Waals surface area contributed by atoms with E-state index in [1.54, 1.807) is 0 Å². The van der Waals surface area contributed by atoms with Crippen molar-refractivity contribution in [3.63, 3.8) is 0 Å². The second-order valence-electron chi connectivity index (χ2n) is 8.96. The Morgan fingerprint density at radius 2 is 0.640 bits per heavy atom. The maximum Gasteiger partial charge on any atom is -0.0443 e. The molecule has 0 aliphatic carbocycles. The molecular weight excluding hydrogens is 300 g/mol. The van der Waals surface area contributed by atoms with Gasteiger partial charge in [0.2, 0.25) is 0 Å². The fourth-order valence-electron chi connectivity index (χ4n) is 4.00. The summed E-state index contributed by atoms with van der Waals surface area (Å²) in [6, 6.07) is 0. The number of hydrogen-bond acceptors (Lipinski definition) is 0. The molecule has 0 heterocycles. The molecule has 152 valence electrons. The Kier molecular flexibility index (Phi) is 20.3. The molecule has 0 heteroatoms. The third kappa shape index (κ3) is 20.2. The molecule has 0 N–H and O–H groups in total. The Balaban J connectivity index is 3.29. The molecule has 0 aromatic heterocycles. The quantitative estimate of drug-likeness (QED) is 0.191. The molecule has 0 aliphatic rings. The highest BCUT2D eigenvalue weighted by Gasteiger charge is 2.06. The first-order chi connectivity index (χ1) is 12.2. The van der Waals surface area contributed by atoms with Crippen LogP contribution in [0.1, 0.15) is 150 Å². The highest BCUT2D eigenvalue weighted by Crippen LogP contribution is 2.21. The van der Waals surface area contributed by atoms with Crippen molar-refractivity contribution in [2.45, 2.75) is 150 Å². The Bertz CT molecular complexity index is 232. The summed E-state index contributed by atoms with van der Waals surface area (Å²) in [5.74, 6) is 1.92. The lowest BCUT2D eigenvalue weighted by atomic mass is 9.92. The van der Waals surface area contributed by atoms with Crippen molar-refractivity contribution in [3.8, 4) is 0 Å². The monoisotopic (exact) mass is 352 g/mol. The maximum absolute atomic E-state index is 2.49. The minimum Gasteiger partial charge on any atom is -0.0654 e. The van der Waals surface area contributed by atoms with Crippen molar-refractivity contribution in [1.29, 1.82) is 0 Å². The number of hydrogen-bond donors (Lipinski definition) is 0. The molecule has 0 bridgehead atoms. The zero-order valence-corrected chi connectivity index (χ0v) is 18.6. The third-order valence-electron chi connectivity index (χ3n) is 5.99. The zero-order valence-electron chi connectivity index (χ0n) is 18.6. The van der Waals surface area contributed by atoms with Crippen molar-refractivity contribution < 1.29 is 0 Å². The fourth-order valence-corrected chi connectivity index (χ4v) is 4.00. The van der Waals surface area contributed by atoms with Crippen LogP contribution in [-0.2, 0) is 0 Å². The molecule has 0 saturated heterocycles. The third-order valence-corrected chi connectivity index (χ3v) is 5.99. The number of rotatable bonds is 20. The standard InChI is InChI=1S/C25H52/c1-5-7-9-11-13-14-16-18-21-25(4)23-19-22-24(3)20-17-15-12-10-8-6-2/h24-25H,5-23H2,1-4H3. The molecule has 2 atom stereocenters. The van der Waals surface area contributed by atoms with Crippen molar-refractivity contribution in [2.24, 2.45) is 11.8 Å². The summed E-state index contributed by atoms with van der Waals surface area (Å²) in [4.78, 5) is 0. The summed E-state index contributed by atoms with van der Waals surface area (Å²) in [6.07, 6.45) is 27.7. The average Bonchev–Trinajstić information content (AvgIpc) is 2.60. The maximum atomic E-state index is 2.49. The fraction of sp³-hybridized carbons (Fsp3) is 1.00. The van der Waals surface area contributed by atoms with E-state index in [1.165, 1.54) is 122 Å². The summed E-state index contributed by atoms with van der Waals surface area (Å²) in [6.45, 7) is 9.57. The molecule has 0 aromatic carbocycles. The topological polar surface area (TPSA) is 0 Å². The van der Waals surface area contributed by atoms with Gasteiger partial charge in [-0.1, -0.05) is 150 Å². The molecule has 2 unspecified atom stereocenters. The SMILES string of the molecule is CCCCCCCCCCC(C)CCCC(C)CCCCCCCC. The highest BCUT2D eigenvalue weighted by molar-refractivity contribution is 4.59. The summed E-state index contributed by atoms with van der Waals surface area (Å²) in [7, 11) is 0. The van der Waals surface area contributed by atoms with E-state index in [9.17, 15) is 0 Å². The van der Waals surface area contributed by atoms with Crippen LogP contribution >= 0.6 is 0 Å². The van der Waals surface area contributed by atoms with Crippen LogP contribution in [-0.4, -0.2) is 0 Å². The smallest absolute Gasteiger partial charge is 0.0443 e. The van der Waals surface area contributed by atoms with E-state index in [0.717, 1.165) is 11.8 Å². The lowest BCUT2D eigenvalue weighted by Crippen LogP contribution is -1.99. The molecule has 0 spiro atoms. The van der Waals surface area contributed by atoms with Crippen LogP contribution in [0.3, 0.4) is 0 Å². The van der Waals surface area contributed by atoms with Crippen LogP contribution in [0.15, 0.2) is 0 Å². The molecule has 0 saturated carbocycles. The lowest BCUT2D eigenvalue weighted by molar-refractivity contribution is 0.391. The molecule has 0 fully saturated rings. The van der Waals surface area contributed by atoms with Crippen molar-refractivity contribution in [3.05, 3.63) is 0 Å². The van der Waals surface area contributed by atoms with Crippen LogP contribution in [0.2, 0.25) is 0 Å². The lowest BCUT2D eigenvalue weighted by Gasteiger charge is -2.14. The van der Waals surface area contributed by atoms with Crippen LogP contribution in [0.25, 0.3) is 0 Å². The summed E-state index contributed by atoms with van der Waals surface area (Å²) in [5.41, 5.74) is 0. The Labute approximate surface area is 161 Å². The molecule has 0 amide bonds. The molecular formula is C25H52. The van der Waals surface area contributed by atoms with E-state index in [0.29, 0.717) is 0 Å². The van der Waals surface area contributed by atoms with Crippen molar-refractivity contribution in [2.75, 3.05) is 0 Å². The van der Waals surface area contributed by atoms with Gasteiger partial charge >= 0.3 is 0 Å². The second-order valence-corrected chi connectivity index (χ2v) is 8.96. The minimum atomic E-state index is 0.960. The summed E-state index contributed by atoms with van der Waals surface area (Å²) < 4.78 is 0. The van der Waals surface area contributed by atoms with E-state index in [-0.39, 0.29) is 0 Å². The van der Waals surface area contributed by atoms with Gasteiger partial charge < -0.3 is 0 Å². The van der Waals surface area contributed by atoms with E-state index in [1.807, 2.05) is 0 Å². The normalized spacial score (nSPS) is 13.9. The minimum absolute atomic E-state index is 0.960. The van der Waals surface area contributed by atoms with Crippen LogP contribution in [0.4, 0.5) is 0 Å².